The summed E-state index contributed by atoms with van der Waals surface area (Å²) < 4.78 is 1.80. The molecule has 0 saturated carbocycles. The van der Waals surface area contributed by atoms with Crippen LogP contribution in [0.3, 0.4) is 0 Å². The summed E-state index contributed by atoms with van der Waals surface area (Å²) in [5, 5.41) is 9.92. The summed E-state index contributed by atoms with van der Waals surface area (Å²) in [6.07, 6.45) is 1.76. The molecular formula is C8H7Cl2N3S. The highest BCUT2D eigenvalue weighted by Gasteiger charge is 2.08. The zero-order valence-electron chi connectivity index (χ0n) is 7.37. The van der Waals surface area contributed by atoms with E-state index in [1.54, 1.807) is 28.4 Å². The van der Waals surface area contributed by atoms with E-state index in [0.717, 1.165) is 10.9 Å². The predicted octanol–water partition coefficient (Wildman–Crippen LogP) is 3.15. The predicted molar refractivity (Wildman–Crippen MR) is 59.4 cm³/mol. The largest absolute Gasteiger partial charge is 0.275 e. The van der Waals surface area contributed by atoms with Crippen molar-refractivity contribution in [2.75, 3.05) is 5.75 Å². The highest BCUT2D eigenvalue weighted by molar-refractivity contribution is 7.99. The minimum Gasteiger partial charge on any atom is -0.275 e. The van der Waals surface area contributed by atoms with Crippen molar-refractivity contribution in [1.82, 2.24) is 14.6 Å². The Kier molecular flexibility index (Phi) is 2.85. The first-order valence-electron chi connectivity index (χ1n) is 4.05. The van der Waals surface area contributed by atoms with Crippen molar-refractivity contribution >= 4 is 40.6 Å². The van der Waals surface area contributed by atoms with Crippen molar-refractivity contribution in [3.05, 3.63) is 22.3 Å². The maximum absolute atomic E-state index is 5.96. The average molecular weight is 248 g/mol. The molecule has 0 saturated heterocycles. The maximum atomic E-state index is 5.96. The molecule has 2 aromatic rings. The molecule has 0 N–H and O–H groups in total. The van der Waals surface area contributed by atoms with Crippen LogP contribution < -0.4 is 0 Å². The summed E-state index contributed by atoms with van der Waals surface area (Å²) in [7, 11) is 0. The molecule has 0 amide bonds. The molecule has 74 valence electrons. The first kappa shape index (κ1) is 10.1. The Labute approximate surface area is 95.4 Å². The van der Waals surface area contributed by atoms with Gasteiger partial charge in [-0.3, -0.25) is 4.40 Å². The Morgan fingerprint density at radius 3 is 2.93 bits per heavy atom. The lowest BCUT2D eigenvalue weighted by Crippen LogP contribution is -1.88. The van der Waals surface area contributed by atoms with Gasteiger partial charge in [0, 0.05) is 6.20 Å². The van der Waals surface area contributed by atoms with Crippen LogP contribution in [0.4, 0.5) is 0 Å². The highest BCUT2D eigenvalue weighted by Crippen LogP contribution is 2.24. The van der Waals surface area contributed by atoms with Crippen LogP contribution in [0.5, 0.6) is 0 Å². The van der Waals surface area contributed by atoms with Crippen LogP contribution in [0.15, 0.2) is 17.4 Å². The van der Waals surface area contributed by atoms with Gasteiger partial charge in [-0.2, -0.15) is 0 Å². The van der Waals surface area contributed by atoms with Gasteiger partial charge in [0.2, 0.25) is 0 Å². The Morgan fingerprint density at radius 1 is 1.43 bits per heavy atom. The van der Waals surface area contributed by atoms with Gasteiger partial charge in [0.1, 0.15) is 0 Å². The quantitative estimate of drug-likeness (QED) is 0.765. The van der Waals surface area contributed by atoms with Gasteiger partial charge in [0.25, 0.3) is 0 Å². The first-order chi connectivity index (χ1) is 6.72. The van der Waals surface area contributed by atoms with Crippen molar-refractivity contribution in [2.45, 2.75) is 12.1 Å². The molecule has 0 fully saturated rings. The van der Waals surface area contributed by atoms with Gasteiger partial charge >= 0.3 is 0 Å². The minimum absolute atomic E-state index is 0.521. The average Bonchev–Trinajstić information content (AvgIpc) is 2.49. The van der Waals surface area contributed by atoms with Gasteiger partial charge in [-0.1, -0.05) is 41.9 Å². The zero-order valence-corrected chi connectivity index (χ0v) is 9.70. The number of nitrogens with zero attached hydrogens (tertiary/aromatic N) is 3. The lowest BCUT2D eigenvalue weighted by molar-refractivity contribution is 0.922. The standard InChI is InChI=1S/C8H7Cl2N3S/c1-2-14-8-12-11-7-6(10)3-5(9)4-13(7)8/h3-4H,2H2,1H3. The van der Waals surface area contributed by atoms with Crippen LogP contribution in [0.1, 0.15) is 6.92 Å². The maximum Gasteiger partial charge on any atom is 0.195 e. The number of aromatic nitrogens is 3. The van der Waals surface area contributed by atoms with Gasteiger partial charge < -0.3 is 0 Å². The van der Waals surface area contributed by atoms with E-state index in [1.807, 2.05) is 0 Å². The number of pyridine rings is 1. The second-order valence-corrected chi connectivity index (χ2v) is 4.69. The monoisotopic (exact) mass is 247 g/mol. The third-order valence-corrected chi connectivity index (χ3v) is 2.98. The van der Waals surface area contributed by atoms with E-state index in [4.69, 9.17) is 23.2 Å². The van der Waals surface area contributed by atoms with Crippen molar-refractivity contribution in [3.63, 3.8) is 0 Å². The fourth-order valence-electron chi connectivity index (χ4n) is 1.13. The van der Waals surface area contributed by atoms with Crippen molar-refractivity contribution in [1.29, 1.82) is 0 Å². The van der Waals surface area contributed by atoms with E-state index < -0.39 is 0 Å². The molecule has 3 nitrogen and oxygen atoms in total. The van der Waals surface area contributed by atoms with Gasteiger partial charge in [-0.15, -0.1) is 10.2 Å². The van der Waals surface area contributed by atoms with E-state index >= 15 is 0 Å². The normalized spacial score (nSPS) is 11.1. The number of fused-ring (bicyclic) bond motifs is 1. The molecule has 2 rings (SSSR count). The van der Waals surface area contributed by atoms with E-state index in [2.05, 4.69) is 17.1 Å². The van der Waals surface area contributed by atoms with Gasteiger partial charge in [-0.25, -0.2) is 0 Å². The van der Waals surface area contributed by atoms with Crippen LogP contribution in [-0.4, -0.2) is 20.4 Å². The number of hydrogen-bond acceptors (Lipinski definition) is 3. The topological polar surface area (TPSA) is 30.2 Å². The Hall–Kier alpha value is -0.450. The minimum atomic E-state index is 0.521. The molecule has 0 bridgehead atoms. The van der Waals surface area contributed by atoms with Gasteiger partial charge in [-0.05, 0) is 11.8 Å². The molecule has 0 aliphatic carbocycles. The fourth-order valence-corrected chi connectivity index (χ4v) is 2.27. The van der Waals surface area contributed by atoms with Crippen LogP contribution in [0.25, 0.3) is 5.65 Å². The zero-order chi connectivity index (χ0) is 10.1. The third-order valence-electron chi connectivity index (χ3n) is 1.67. The number of hydrogen-bond donors (Lipinski definition) is 0. The van der Waals surface area contributed by atoms with Crippen LogP contribution in [-0.2, 0) is 0 Å². The number of halogens is 2. The van der Waals surface area contributed by atoms with E-state index in [9.17, 15) is 0 Å². The van der Waals surface area contributed by atoms with Crippen molar-refractivity contribution in [3.8, 4) is 0 Å². The lowest BCUT2D eigenvalue weighted by atomic mass is 10.5. The molecule has 0 atom stereocenters. The molecule has 0 radical (unpaired) electrons. The summed E-state index contributed by atoms with van der Waals surface area (Å²) in [6.45, 7) is 2.05. The first-order valence-corrected chi connectivity index (χ1v) is 5.79. The van der Waals surface area contributed by atoms with Crippen molar-refractivity contribution < 1.29 is 0 Å². The highest BCUT2D eigenvalue weighted by atomic mass is 35.5. The molecule has 0 aliphatic rings. The summed E-state index contributed by atoms with van der Waals surface area (Å²) in [4.78, 5) is 0. The number of rotatable bonds is 2. The molecular weight excluding hydrogens is 241 g/mol. The van der Waals surface area contributed by atoms with E-state index in [0.29, 0.717) is 15.7 Å². The molecule has 0 unspecified atom stereocenters. The summed E-state index contributed by atoms with van der Waals surface area (Å²) in [6, 6.07) is 1.66. The molecule has 0 aromatic carbocycles. The van der Waals surface area contributed by atoms with Gasteiger partial charge in [0.05, 0.1) is 10.0 Å². The van der Waals surface area contributed by atoms with Crippen molar-refractivity contribution in [2.24, 2.45) is 0 Å². The summed E-state index contributed by atoms with van der Waals surface area (Å²) in [5.74, 6) is 0.935. The van der Waals surface area contributed by atoms with Gasteiger partial charge in [0.15, 0.2) is 10.8 Å². The molecule has 2 aromatic heterocycles. The molecule has 2 heterocycles. The smallest absolute Gasteiger partial charge is 0.195 e. The van der Waals surface area contributed by atoms with Crippen LogP contribution in [0.2, 0.25) is 10.0 Å². The van der Waals surface area contributed by atoms with E-state index in [-0.39, 0.29) is 0 Å². The number of thioether (sulfide) groups is 1. The molecule has 6 heteroatoms. The molecule has 0 aliphatic heterocycles. The van der Waals surface area contributed by atoms with E-state index in [1.165, 1.54) is 0 Å². The SMILES string of the molecule is CCSc1nnc2c(Cl)cc(Cl)cn12. The Balaban J connectivity index is 2.66. The van der Waals surface area contributed by atoms with Crippen LogP contribution in [0, 0.1) is 0 Å². The second kappa shape index (κ2) is 3.96. The lowest BCUT2D eigenvalue weighted by Gasteiger charge is -1.99. The second-order valence-electron chi connectivity index (χ2n) is 2.62. The Morgan fingerprint density at radius 2 is 2.21 bits per heavy atom. The molecule has 14 heavy (non-hydrogen) atoms. The molecule has 0 spiro atoms. The summed E-state index contributed by atoms with van der Waals surface area (Å²) in [5.41, 5.74) is 0.645. The third kappa shape index (κ3) is 1.69. The summed E-state index contributed by atoms with van der Waals surface area (Å²) >= 11 is 13.4. The fraction of sp³-hybridized carbons (Fsp3) is 0.250. The Bertz CT molecular complexity index is 469. The van der Waals surface area contributed by atoms with Crippen LogP contribution >= 0.6 is 35.0 Å².